The Morgan fingerprint density at radius 1 is 1.33 bits per heavy atom. The Balaban J connectivity index is 2.02. The maximum absolute atomic E-state index is 2.43. The van der Waals surface area contributed by atoms with Crippen molar-refractivity contribution in [2.75, 3.05) is 0 Å². The van der Waals surface area contributed by atoms with E-state index in [1.54, 1.807) is 12.8 Å². The predicted octanol–water partition coefficient (Wildman–Crippen LogP) is 2.69. The molecule has 0 nitrogen and oxygen atoms in total. The molecule has 0 aliphatic heterocycles. The topological polar surface area (TPSA) is 0 Å². The largest absolute Gasteiger partial charge is 0.0651 e. The first-order valence-corrected chi connectivity index (χ1v) is 4.33. The van der Waals surface area contributed by atoms with Gasteiger partial charge >= 0.3 is 0 Å². The van der Waals surface area contributed by atoms with Crippen molar-refractivity contribution < 1.29 is 0 Å². The maximum Gasteiger partial charge on any atom is -0.0352 e. The molecule has 0 saturated heterocycles. The third kappa shape index (κ3) is 0.720. The van der Waals surface area contributed by atoms with E-state index >= 15 is 0 Å². The van der Waals surface area contributed by atoms with Gasteiger partial charge in [-0.3, -0.25) is 0 Å². The third-order valence-corrected chi connectivity index (χ3v) is 3.40. The Morgan fingerprint density at radius 2 is 2.11 bits per heavy atom. The summed E-state index contributed by atoms with van der Waals surface area (Å²) in [7, 11) is 0. The van der Waals surface area contributed by atoms with Crippen LogP contribution in [-0.4, -0.2) is 0 Å². The highest BCUT2D eigenvalue weighted by molar-refractivity contribution is 4.99. The molecule has 0 bridgehead atoms. The Kier molecular flexibility index (Phi) is 1.12. The summed E-state index contributed by atoms with van der Waals surface area (Å²) >= 11 is 0. The zero-order valence-corrected chi connectivity index (χ0v) is 6.43. The van der Waals surface area contributed by atoms with Gasteiger partial charge in [0.2, 0.25) is 0 Å². The van der Waals surface area contributed by atoms with Crippen LogP contribution in [0.4, 0.5) is 0 Å². The van der Waals surface area contributed by atoms with Crippen molar-refractivity contribution in [2.24, 2.45) is 23.7 Å². The number of hydrogen-bond acceptors (Lipinski definition) is 0. The molecule has 0 heteroatoms. The smallest absolute Gasteiger partial charge is 0.0352 e. The molecule has 0 spiro atoms. The summed E-state index contributed by atoms with van der Waals surface area (Å²) in [6.07, 6.45) is 4.55. The third-order valence-electron chi connectivity index (χ3n) is 3.40. The summed E-state index contributed by atoms with van der Waals surface area (Å²) in [5.41, 5.74) is 0. The number of hydrogen-bond donors (Lipinski definition) is 0. The van der Waals surface area contributed by atoms with E-state index in [0.717, 1.165) is 11.8 Å². The minimum Gasteiger partial charge on any atom is -0.0651 e. The molecular formula is C9H16. The van der Waals surface area contributed by atoms with Crippen molar-refractivity contribution in [3.05, 3.63) is 0 Å². The van der Waals surface area contributed by atoms with Crippen LogP contribution >= 0.6 is 0 Å². The predicted molar refractivity (Wildman–Crippen MR) is 39.2 cm³/mol. The summed E-state index contributed by atoms with van der Waals surface area (Å²) < 4.78 is 0. The number of fused-ring (bicyclic) bond motifs is 1. The highest BCUT2D eigenvalue weighted by atomic mass is 14.6. The lowest BCUT2D eigenvalue weighted by atomic mass is 9.91. The van der Waals surface area contributed by atoms with Crippen LogP contribution in [0.15, 0.2) is 0 Å². The fraction of sp³-hybridized carbons (Fsp3) is 1.00. The fourth-order valence-corrected chi connectivity index (χ4v) is 2.85. The minimum atomic E-state index is 1.05. The minimum absolute atomic E-state index is 1.05. The molecule has 0 aromatic heterocycles. The van der Waals surface area contributed by atoms with Crippen LogP contribution in [0.25, 0.3) is 0 Å². The molecular weight excluding hydrogens is 108 g/mol. The average molecular weight is 124 g/mol. The molecule has 2 aliphatic carbocycles. The Hall–Kier alpha value is 0. The first-order chi connectivity index (χ1) is 4.33. The molecule has 2 rings (SSSR count). The van der Waals surface area contributed by atoms with Gasteiger partial charge < -0.3 is 0 Å². The van der Waals surface area contributed by atoms with E-state index in [-0.39, 0.29) is 0 Å². The van der Waals surface area contributed by atoms with E-state index in [4.69, 9.17) is 0 Å². The van der Waals surface area contributed by atoms with Gasteiger partial charge in [-0.05, 0) is 36.5 Å². The van der Waals surface area contributed by atoms with E-state index in [9.17, 15) is 0 Å². The molecule has 4 unspecified atom stereocenters. The highest BCUT2D eigenvalue weighted by Crippen LogP contribution is 2.58. The van der Waals surface area contributed by atoms with Crippen LogP contribution in [0.3, 0.4) is 0 Å². The fourth-order valence-electron chi connectivity index (χ4n) is 2.85. The second kappa shape index (κ2) is 1.74. The second-order valence-corrected chi connectivity index (χ2v) is 3.94. The van der Waals surface area contributed by atoms with Gasteiger partial charge in [-0.2, -0.15) is 0 Å². The summed E-state index contributed by atoms with van der Waals surface area (Å²) in [5.74, 6) is 4.50. The van der Waals surface area contributed by atoms with Crippen molar-refractivity contribution in [3.63, 3.8) is 0 Å². The number of rotatable bonds is 1. The monoisotopic (exact) mass is 124 g/mol. The summed E-state index contributed by atoms with van der Waals surface area (Å²) in [5, 5.41) is 0. The standard InChI is InChI=1S/C9H16/c1-3-8-6(2)4-7-5-9(7)8/h6-9H,3-5H2,1-2H3. The van der Waals surface area contributed by atoms with Gasteiger partial charge in [-0.15, -0.1) is 0 Å². The van der Waals surface area contributed by atoms with Crippen molar-refractivity contribution in [1.82, 2.24) is 0 Å². The molecule has 0 amide bonds. The first-order valence-electron chi connectivity index (χ1n) is 4.33. The molecule has 0 aromatic carbocycles. The molecule has 0 N–H and O–H groups in total. The Bertz CT molecular complexity index is 115. The first kappa shape index (κ1) is 5.76. The molecule has 9 heavy (non-hydrogen) atoms. The molecule has 0 aromatic rings. The Labute approximate surface area is 57.6 Å². The molecule has 0 radical (unpaired) electrons. The SMILES string of the molecule is CCC1C(C)CC2CC21. The zero-order valence-electron chi connectivity index (χ0n) is 6.43. The quantitative estimate of drug-likeness (QED) is 0.504. The normalized spacial score (nSPS) is 55.3. The van der Waals surface area contributed by atoms with Gasteiger partial charge in [0, 0.05) is 0 Å². The van der Waals surface area contributed by atoms with Gasteiger partial charge in [0.05, 0.1) is 0 Å². The zero-order chi connectivity index (χ0) is 6.43. The van der Waals surface area contributed by atoms with E-state index in [1.807, 2.05) is 0 Å². The lowest BCUT2D eigenvalue weighted by Gasteiger charge is -2.15. The van der Waals surface area contributed by atoms with Gasteiger partial charge in [0.15, 0.2) is 0 Å². The summed E-state index contributed by atoms with van der Waals surface area (Å²) in [4.78, 5) is 0. The lowest BCUT2D eigenvalue weighted by molar-refractivity contribution is 0.351. The molecule has 4 atom stereocenters. The highest BCUT2D eigenvalue weighted by Gasteiger charge is 2.50. The maximum atomic E-state index is 2.43. The van der Waals surface area contributed by atoms with Gasteiger partial charge in [-0.25, -0.2) is 0 Å². The van der Waals surface area contributed by atoms with Crippen LogP contribution in [0, 0.1) is 23.7 Å². The van der Waals surface area contributed by atoms with Gasteiger partial charge in [0.25, 0.3) is 0 Å². The summed E-state index contributed by atoms with van der Waals surface area (Å²) in [6.45, 7) is 4.78. The van der Waals surface area contributed by atoms with Crippen LogP contribution in [0.2, 0.25) is 0 Å². The van der Waals surface area contributed by atoms with Crippen molar-refractivity contribution in [2.45, 2.75) is 33.1 Å². The lowest BCUT2D eigenvalue weighted by Crippen LogP contribution is -2.06. The average Bonchev–Trinajstić information content (AvgIpc) is 2.45. The summed E-state index contributed by atoms with van der Waals surface area (Å²) in [6, 6.07) is 0. The molecule has 2 fully saturated rings. The van der Waals surface area contributed by atoms with E-state index in [2.05, 4.69) is 13.8 Å². The van der Waals surface area contributed by atoms with E-state index < -0.39 is 0 Å². The van der Waals surface area contributed by atoms with Crippen LogP contribution in [0.1, 0.15) is 33.1 Å². The van der Waals surface area contributed by atoms with Crippen molar-refractivity contribution >= 4 is 0 Å². The van der Waals surface area contributed by atoms with Gasteiger partial charge in [0.1, 0.15) is 0 Å². The van der Waals surface area contributed by atoms with Gasteiger partial charge in [-0.1, -0.05) is 20.3 Å². The van der Waals surface area contributed by atoms with Crippen molar-refractivity contribution in [1.29, 1.82) is 0 Å². The van der Waals surface area contributed by atoms with Crippen LogP contribution in [-0.2, 0) is 0 Å². The van der Waals surface area contributed by atoms with Crippen LogP contribution < -0.4 is 0 Å². The van der Waals surface area contributed by atoms with Crippen LogP contribution in [0.5, 0.6) is 0 Å². The van der Waals surface area contributed by atoms with E-state index in [0.29, 0.717) is 0 Å². The Morgan fingerprint density at radius 3 is 2.44 bits per heavy atom. The van der Waals surface area contributed by atoms with Crippen molar-refractivity contribution in [3.8, 4) is 0 Å². The molecule has 2 aliphatic rings. The molecule has 0 heterocycles. The molecule has 2 saturated carbocycles. The van der Waals surface area contributed by atoms with E-state index in [1.165, 1.54) is 18.3 Å². The second-order valence-electron chi connectivity index (χ2n) is 3.94. The molecule has 52 valence electrons.